The highest BCUT2D eigenvalue weighted by molar-refractivity contribution is 5.87. The Morgan fingerprint density at radius 2 is 1.77 bits per heavy atom. The van der Waals surface area contributed by atoms with E-state index in [1.54, 1.807) is 18.9 Å². The Hall–Kier alpha value is -2.82. The van der Waals surface area contributed by atoms with Gasteiger partial charge in [-0.15, -0.1) is 0 Å². The van der Waals surface area contributed by atoms with E-state index < -0.39 is 6.04 Å². The molecule has 0 bridgehead atoms. The number of methoxy groups -OCH3 is 1. The Bertz CT molecular complexity index is 833. The molecule has 2 amide bonds. The molecule has 162 valence electrons. The van der Waals surface area contributed by atoms with Gasteiger partial charge in [0.25, 0.3) is 0 Å². The minimum Gasteiger partial charge on any atom is -0.497 e. The van der Waals surface area contributed by atoms with E-state index in [4.69, 9.17) is 4.74 Å². The number of carbonyl (C=O) groups is 2. The van der Waals surface area contributed by atoms with Crippen LogP contribution in [0.1, 0.15) is 50.3 Å². The van der Waals surface area contributed by atoms with Gasteiger partial charge in [0.05, 0.1) is 7.11 Å². The third kappa shape index (κ3) is 6.90. The van der Waals surface area contributed by atoms with Gasteiger partial charge in [-0.25, -0.2) is 0 Å². The van der Waals surface area contributed by atoms with Crippen LogP contribution in [0, 0.1) is 6.92 Å². The summed E-state index contributed by atoms with van der Waals surface area (Å²) in [6, 6.07) is 15.3. The van der Waals surface area contributed by atoms with E-state index in [2.05, 4.69) is 17.4 Å². The molecule has 2 atom stereocenters. The van der Waals surface area contributed by atoms with Crippen LogP contribution in [0.25, 0.3) is 0 Å². The molecular weight excluding hydrogens is 376 g/mol. The van der Waals surface area contributed by atoms with Gasteiger partial charge in [0.1, 0.15) is 11.8 Å². The van der Waals surface area contributed by atoms with Gasteiger partial charge in [0.2, 0.25) is 11.8 Å². The van der Waals surface area contributed by atoms with Crippen molar-refractivity contribution in [3.63, 3.8) is 0 Å². The van der Waals surface area contributed by atoms with Crippen LogP contribution in [0.2, 0.25) is 0 Å². The van der Waals surface area contributed by atoms with Gasteiger partial charge in [-0.2, -0.15) is 0 Å². The normalized spacial score (nSPS) is 12.7. The van der Waals surface area contributed by atoms with Gasteiger partial charge in [0.15, 0.2) is 0 Å². The summed E-state index contributed by atoms with van der Waals surface area (Å²) in [4.78, 5) is 27.6. The maximum absolute atomic E-state index is 13.2. The SMILES string of the molecule is CC[C@@H](C)NC(=O)[C@H](C)N(Cc1cccc(OC)c1)C(=O)CCc1ccc(C)cc1. The number of rotatable bonds is 10. The van der Waals surface area contributed by atoms with Crippen molar-refractivity contribution >= 4 is 11.8 Å². The van der Waals surface area contributed by atoms with Crippen molar-refractivity contribution in [2.45, 2.75) is 65.6 Å². The highest BCUT2D eigenvalue weighted by Gasteiger charge is 2.26. The molecule has 2 aromatic rings. The van der Waals surface area contributed by atoms with E-state index in [0.29, 0.717) is 19.4 Å². The van der Waals surface area contributed by atoms with Crippen molar-refractivity contribution in [3.05, 3.63) is 65.2 Å². The topological polar surface area (TPSA) is 58.6 Å². The van der Waals surface area contributed by atoms with Crippen molar-refractivity contribution in [1.82, 2.24) is 10.2 Å². The lowest BCUT2D eigenvalue weighted by molar-refractivity contribution is -0.140. The number of hydrogen-bond acceptors (Lipinski definition) is 3. The summed E-state index contributed by atoms with van der Waals surface area (Å²) in [6.07, 6.45) is 1.84. The van der Waals surface area contributed by atoms with Crippen LogP contribution in [-0.2, 0) is 22.6 Å². The van der Waals surface area contributed by atoms with E-state index in [-0.39, 0.29) is 17.9 Å². The van der Waals surface area contributed by atoms with Gasteiger partial charge in [-0.05, 0) is 56.9 Å². The number of nitrogens with zero attached hydrogens (tertiary/aromatic N) is 1. The van der Waals surface area contributed by atoms with Crippen molar-refractivity contribution in [2.24, 2.45) is 0 Å². The van der Waals surface area contributed by atoms with Crippen molar-refractivity contribution in [3.8, 4) is 5.75 Å². The molecule has 1 N–H and O–H groups in total. The molecule has 0 saturated carbocycles. The molecule has 0 aliphatic rings. The largest absolute Gasteiger partial charge is 0.497 e. The van der Waals surface area contributed by atoms with E-state index in [9.17, 15) is 9.59 Å². The first-order valence-electron chi connectivity index (χ1n) is 10.6. The summed E-state index contributed by atoms with van der Waals surface area (Å²) >= 11 is 0. The Morgan fingerprint density at radius 1 is 1.07 bits per heavy atom. The summed E-state index contributed by atoms with van der Waals surface area (Å²) < 4.78 is 5.30. The fourth-order valence-electron chi connectivity index (χ4n) is 3.17. The van der Waals surface area contributed by atoms with Crippen molar-refractivity contribution < 1.29 is 14.3 Å². The number of amides is 2. The molecule has 0 radical (unpaired) electrons. The molecule has 0 aliphatic carbocycles. The number of carbonyl (C=O) groups excluding carboxylic acids is 2. The first-order valence-corrected chi connectivity index (χ1v) is 10.6. The standard InChI is InChI=1S/C25H34N2O3/c1-6-19(3)26-25(29)20(4)27(17-22-8-7-9-23(16-22)30-5)24(28)15-14-21-12-10-18(2)11-13-21/h7-13,16,19-20H,6,14-15,17H2,1-5H3,(H,26,29)/t19-,20+/m1/s1. The summed E-state index contributed by atoms with van der Waals surface area (Å²) in [5.74, 6) is 0.567. The monoisotopic (exact) mass is 410 g/mol. The Kier molecular flexibility index (Phi) is 8.90. The van der Waals surface area contributed by atoms with Crippen molar-refractivity contribution in [2.75, 3.05) is 7.11 Å². The molecule has 0 spiro atoms. The van der Waals surface area contributed by atoms with Gasteiger partial charge in [0, 0.05) is 19.0 Å². The fraction of sp³-hybridized carbons (Fsp3) is 0.440. The average Bonchev–Trinajstić information content (AvgIpc) is 2.76. The predicted octanol–water partition coefficient (Wildman–Crippen LogP) is 4.27. The highest BCUT2D eigenvalue weighted by atomic mass is 16.5. The molecular formula is C25H34N2O3. The lowest BCUT2D eigenvalue weighted by atomic mass is 10.1. The second kappa shape index (κ2) is 11.4. The lowest BCUT2D eigenvalue weighted by Crippen LogP contribution is -2.49. The quantitative estimate of drug-likeness (QED) is 0.636. The highest BCUT2D eigenvalue weighted by Crippen LogP contribution is 2.17. The Morgan fingerprint density at radius 3 is 2.40 bits per heavy atom. The molecule has 0 heterocycles. The second-order valence-electron chi connectivity index (χ2n) is 7.85. The molecule has 30 heavy (non-hydrogen) atoms. The molecule has 2 aromatic carbocycles. The van der Waals surface area contributed by atoms with Gasteiger partial charge in [-0.3, -0.25) is 9.59 Å². The predicted molar refractivity (Wildman–Crippen MR) is 120 cm³/mol. The maximum atomic E-state index is 13.2. The first kappa shape index (κ1) is 23.5. The first-order chi connectivity index (χ1) is 14.3. The average molecular weight is 411 g/mol. The van der Waals surface area contributed by atoms with Gasteiger partial charge >= 0.3 is 0 Å². The summed E-state index contributed by atoms with van der Waals surface area (Å²) in [7, 11) is 1.62. The molecule has 0 saturated heterocycles. The van der Waals surface area contributed by atoms with Crippen LogP contribution in [0.4, 0.5) is 0 Å². The fourth-order valence-corrected chi connectivity index (χ4v) is 3.17. The summed E-state index contributed by atoms with van der Waals surface area (Å²) in [5, 5.41) is 3.00. The van der Waals surface area contributed by atoms with Gasteiger partial charge < -0.3 is 15.0 Å². The minimum absolute atomic E-state index is 0.0369. The smallest absolute Gasteiger partial charge is 0.242 e. The zero-order valence-electron chi connectivity index (χ0n) is 18.8. The van der Waals surface area contributed by atoms with E-state index in [0.717, 1.165) is 23.3 Å². The van der Waals surface area contributed by atoms with Crippen LogP contribution in [0.15, 0.2) is 48.5 Å². The Balaban J connectivity index is 2.16. The molecule has 5 heteroatoms. The summed E-state index contributed by atoms with van der Waals surface area (Å²) in [5.41, 5.74) is 3.24. The number of benzene rings is 2. The third-order valence-corrected chi connectivity index (χ3v) is 5.40. The number of aryl methyl sites for hydroxylation is 2. The number of nitrogens with one attached hydrogen (secondary N) is 1. The molecule has 2 rings (SSSR count). The molecule has 0 aliphatic heterocycles. The second-order valence-corrected chi connectivity index (χ2v) is 7.85. The van der Waals surface area contributed by atoms with E-state index >= 15 is 0 Å². The van der Waals surface area contributed by atoms with Crippen LogP contribution in [0.3, 0.4) is 0 Å². The van der Waals surface area contributed by atoms with Crippen molar-refractivity contribution in [1.29, 1.82) is 0 Å². The van der Waals surface area contributed by atoms with E-state index in [1.165, 1.54) is 5.56 Å². The zero-order valence-corrected chi connectivity index (χ0v) is 18.8. The van der Waals surface area contributed by atoms with Gasteiger partial charge in [-0.1, -0.05) is 48.9 Å². The van der Waals surface area contributed by atoms with Crippen LogP contribution in [0.5, 0.6) is 5.75 Å². The molecule has 5 nitrogen and oxygen atoms in total. The minimum atomic E-state index is -0.560. The molecule has 0 fully saturated rings. The van der Waals surface area contributed by atoms with Crippen LogP contribution >= 0.6 is 0 Å². The molecule has 0 unspecified atom stereocenters. The Labute approximate surface area is 180 Å². The van der Waals surface area contributed by atoms with E-state index in [1.807, 2.05) is 57.2 Å². The van der Waals surface area contributed by atoms with Crippen LogP contribution in [-0.4, -0.2) is 35.9 Å². The van der Waals surface area contributed by atoms with Crippen LogP contribution < -0.4 is 10.1 Å². The zero-order chi connectivity index (χ0) is 22.1. The number of ether oxygens (including phenoxy) is 1. The maximum Gasteiger partial charge on any atom is 0.242 e. The summed E-state index contributed by atoms with van der Waals surface area (Å²) in [6.45, 7) is 8.19. The molecule has 0 aromatic heterocycles. The number of hydrogen-bond donors (Lipinski definition) is 1. The third-order valence-electron chi connectivity index (χ3n) is 5.40. The lowest BCUT2D eigenvalue weighted by Gasteiger charge is -2.30.